The lowest BCUT2D eigenvalue weighted by atomic mass is 10.2. The van der Waals surface area contributed by atoms with E-state index in [1.807, 2.05) is 64.1 Å². The van der Waals surface area contributed by atoms with E-state index >= 15 is 0 Å². The van der Waals surface area contributed by atoms with E-state index in [4.69, 9.17) is 23.2 Å². The second kappa shape index (κ2) is 7.08. The van der Waals surface area contributed by atoms with Gasteiger partial charge in [-0.1, -0.05) is 47.5 Å². The zero-order valence-electron chi connectivity index (χ0n) is 13.1. The van der Waals surface area contributed by atoms with Gasteiger partial charge in [0.2, 0.25) is 0 Å². The Hall–Kier alpha value is -1.64. The zero-order valence-corrected chi connectivity index (χ0v) is 14.6. The summed E-state index contributed by atoms with van der Waals surface area (Å²) in [5, 5.41) is 1.28. The molecule has 2 nitrogen and oxygen atoms in total. The zero-order chi connectivity index (χ0) is 16.3. The Morgan fingerprint density at radius 1 is 0.727 bits per heavy atom. The van der Waals surface area contributed by atoms with Crippen LogP contribution in [-0.2, 0) is 0 Å². The van der Waals surface area contributed by atoms with Crippen LogP contribution in [0.4, 0.5) is 11.4 Å². The number of aliphatic imine (C=N–C) groups is 2. The number of para-hydroxylation sites is 2. The van der Waals surface area contributed by atoms with Crippen molar-refractivity contribution in [1.82, 2.24) is 0 Å². The minimum Gasteiger partial charge on any atom is -0.250 e. The van der Waals surface area contributed by atoms with Crippen molar-refractivity contribution in [3.63, 3.8) is 0 Å². The number of halogens is 2. The van der Waals surface area contributed by atoms with Crippen molar-refractivity contribution in [3.8, 4) is 0 Å². The smallest absolute Gasteiger partial charge is 0.0848 e. The molecule has 0 unspecified atom stereocenters. The Labute approximate surface area is 141 Å². The number of aryl methyl sites for hydroxylation is 2. The molecule has 0 saturated heterocycles. The van der Waals surface area contributed by atoms with Crippen LogP contribution in [0.15, 0.2) is 46.4 Å². The maximum absolute atomic E-state index is 6.22. The van der Waals surface area contributed by atoms with Gasteiger partial charge in [-0.3, -0.25) is 9.98 Å². The van der Waals surface area contributed by atoms with Gasteiger partial charge in [-0.15, -0.1) is 0 Å². The molecule has 4 heteroatoms. The molecule has 22 heavy (non-hydrogen) atoms. The first-order valence-corrected chi connectivity index (χ1v) is 7.77. The van der Waals surface area contributed by atoms with E-state index in [2.05, 4.69) is 9.98 Å². The monoisotopic (exact) mass is 332 g/mol. The van der Waals surface area contributed by atoms with E-state index in [0.29, 0.717) is 10.0 Å². The lowest BCUT2D eigenvalue weighted by Crippen LogP contribution is -2.05. The molecule has 0 radical (unpaired) electrons. The SMILES string of the molecule is CC(=Nc1c(C)cccc1Cl)C(C)=Nc1c(C)cccc1Cl. The molecule has 0 aliphatic carbocycles. The number of nitrogens with zero attached hydrogens (tertiary/aromatic N) is 2. The molecule has 0 saturated carbocycles. The predicted molar refractivity (Wildman–Crippen MR) is 97.9 cm³/mol. The molecule has 0 amide bonds. The Morgan fingerprint density at radius 2 is 1.09 bits per heavy atom. The molecule has 0 N–H and O–H groups in total. The summed E-state index contributed by atoms with van der Waals surface area (Å²) in [6, 6.07) is 11.5. The molecule has 2 rings (SSSR count). The second-order valence-electron chi connectivity index (χ2n) is 5.21. The third-order valence-electron chi connectivity index (χ3n) is 3.46. The minimum absolute atomic E-state index is 0.640. The maximum Gasteiger partial charge on any atom is 0.0848 e. The quantitative estimate of drug-likeness (QED) is 0.573. The summed E-state index contributed by atoms with van der Waals surface area (Å²) in [6.07, 6.45) is 0. The van der Waals surface area contributed by atoms with Crippen molar-refractivity contribution in [2.75, 3.05) is 0 Å². The van der Waals surface area contributed by atoms with Gasteiger partial charge in [-0.05, 0) is 51.0 Å². The van der Waals surface area contributed by atoms with Crippen LogP contribution in [0.25, 0.3) is 0 Å². The Morgan fingerprint density at radius 3 is 1.41 bits per heavy atom. The van der Waals surface area contributed by atoms with Gasteiger partial charge in [0, 0.05) is 0 Å². The summed E-state index contributed by atoms with van der Waals surface area (Å²) in [5.41, 5.74) is 5.27. The fourth-order valence-corrected chi connectivity index (χ4v) is 2.55. The number of hydrogen-bond acceptors (Lipinski definition) is 2. The maximum atomic E-state index is 6.22. The molecule has 0 aromatic heterocycles. The molecule has 0 atom stereocenters. The summed E-state index contributed by atoms with van der Waals surface area (Å²) < 4.78 is 0. The molecule has 0 aliphatic rings. The molecule has 0 fully saturated rings. The van der Waals surface area contributed by atoms with Gasteiger partial charge in [0.25, 0.3) is 0 Å². The van der Waals surface area contributed by atoms with Crippen LogP contribution in [0, 0.1) is 13.8 Å². The highest BCUT2D eigenvalue weighted by molar-refractivity contribution is 6.42. The van der Waals surface area contributed by atoms with E-state index in [9.17, 15) is 0 Å². The minimum atomic E-state index is 0.640. The van der Waals surface area contributed by atoms with Crippen molar-refractivity contribution in [2.24, 2.45) is 9.98 Å². The normalized spacial score (nSPS) is 12.6. The molecular formula is C18H18Cl2N2. The molecule has 0 aliphatic heterocycles. The Kier molecular flexibility index (Phi) is 5.38. The van der Waals surface area contributed by atoms with Crippen molar-refractivity contribution in [1.29, 1.82) is 0 Å². The average Bonchev–Trinajstić information content (AvgIpc) is 2.46. The van der Waals surface area contributed by atoms with Crippen molar-refractivity contribution < 1.29 is 0 Å². The second-order valence-corrected chi connectivity index (χ2v) is 6.02. The van der Waals surface area contributed by atoms with Crippen LogP contribution in [-0.4, -0.2) is 11.4 Å². The lowest BCUT2D eigenvalue weighted by molar-refractivity contribution is 1.38. The highest BCUT2D eigenvalue weighted by atomic mass is 35.5. The molecule has 0 bridgehead atoms. The van der Waals surface area contributed by atoms with E-state index in [0.717, 1.165) is 33.9 Å². The Bertz CT molecular complexity index is 656. The number of rotatable bonds is 3. The van der Waals surface area contributed by atoms with Gasteiger partial charge in [0.15, 0.2) is 0 Å². The third kappa shape index (κ3) is 3.76. The van der Waals surface area contributed by atoms with Gasteiger partial charge in [0.1, 0.15) is 0 Å². The molecule has 0 heterocycles. The molecule has 2 aromatic carbocycles. The largest absolute Gasteiger partial charge is 0.250 e. The average molecular weight is 333 g/mol. The predicted octanol–water partition coefficient (Wildman–Crippen LogP) is 6.50. The third-order valence-corrected chi connectivity index (χ3v) is 4.07. The summed E-state index contributed by atoms with van der Waals surface area (Å²) in [7, 11) is 0. The number of hydrogen-bond donors (Lipinski definition) is 0. The fraction of sp³-hybridized carbons (Fsp3) is 0.222. The molecule has 114 valence electrons. The van der Waals surface area contributed by atoms with Crippen molar-refractivity contribution >= 4 is 46.0 Å². The number of benzene rings is 2. The van der Waals surface area contributed by atoms with Crippen LogP contribution in [0.2, 0.25) is 10.0 Å². The van der Waals surface area contributed by atoms with Crippen molar-refractivity contribution in [3.05, 3.63) is 57.6 Å². The summed E-state index contributed by atoms with van der Waals surface area (Å²) >= 11 is 12.4. The van der Waals surface area contributed by atoms with Crippen LogP contribution < -0.4 is 0 Å². The van der Waals surface area contributed by atoms with Gasteiger partial charge < -0.3 is 0 Å². The highest BCUT2D eigenvalue weighted by Crippen LogP contribution is 2.30. The summed E-state index contributed by atoms with van der Waals surface area (Å²) in [4.78, 5) is 9.25. The lowest BCUT2D eigenvalue weighted by Gasteiger charge is -2.07. The fourth-order valence-electron chi connectivity index (χ4n) is 2.03. The molecular weight excluding hydrogens is 315 g/mol. The van der Waals surface area contributed by atoms with Crippen LogP contribution in [0.1, 0.15) is 25.0 Å². The standard InChI is InChI=1S/C18H18Cl2N2/c1-11-7-5-9-15(19)17(11)21-13(3)14(4)22-18-12(2)8-6-10-16(18)20/h5-10H,1-4H3. The molecule has 2 aromatic rings. The highest BCUT2D eigenvalue weighted by Gasteiger charge is 2.07. The van der Waals surface area contributed by atoms with E-state index < -0.39 is 0 Å². The first-order valence-electron chi connectivity index (χ1n) is 7.01. The first-order chi connectivity index (χ1) is 10.4. The van der Waals surface area contributed by atoms with E-state index in [1.165, 1.54) is 0 Å². The first kappa shape index (κ1) is 16.7. The van der Waals surface area contributed by atoms with E-state index in [-0.39, 0.29) is 0 Å². The van der Waals surface area contributed by atoms with Gasteiger partial charge in [-0.2, -0.15) is 0 Å². The van der Waals surface area contributed by atoms with Crippen molar-refractivity contribution in [2.45, 2.75) is 27.7 Å². The van der Waals surface area contributed by atoms with Gasteiger partial charge in [-0.25, -0.2) is 0 Å². The summed E-state index contributed by atoms with van der Waals surface area (Å²) in [5.74, 6) is 0. The van der Waals surface area contributed by atoms with Crippen LogP contribution in [0.3, 0.4) is 0 Å². The van der Waals surface area contributed by atoms with Gasteiger partial charge in [0.05, 0.1) is 32.8 Å². The van der Waals surface area contributed by atoms with Crippen LogP contribution in [0.5, 0.6) is 0 Å². The Balaban J connectivity index is 2.42. The van der Waals surface area contributed by atoms with Crippen LogP contribution >= 0.6 is 23.2 Å². The molecule has 0 spiro atoms. The van der Waals surface area contributed by atoms with Gasteiger partial charge >= 0.3 is 0 Å². The summed E-state index contributed by atoms with van der Waals surface area (Å²) in [6.45, 7) is 7.83. The van der Waals surface area contributed by atoms with E-state index in [1.54, 1.807) is 0 Å². The topological polar surface area (TPSA) is 24.7 Å².